The van der Waals surface area contributed by atoms with E-state index >= 15 is 0 Å². The van der Waals surface area contributed by atoms with Gasteiger partial charge in [-0.3, -0.25) is 4.57 Å². The van der Waals surface area contributed by atoms with E-state index in [-0.39, 0.29) is 5.92 Å². The first-order chi connectivity index (χ1) is 11.6. The Kier molecular flexibility index (Phi) is 5.99. The molecule has 0 radical (unpaired) electrons. The van der Waals surface area contributed by atoms with Crippen LogP contribution in [0.5, 0.6) is 5.75 Å². The smallest absolute Gasteiger partial charge is 0.362 e. The fraction of sp³-hybridized carbons (Fsp3) is 0.444. The zero-order valence-corrected chi connectivity index (χ0v) is 15.9. The number of aliphatic hydroxyl groups excluding tert-OH is 1. The lowest BCUT2D eigenvalue weighted by atomic mass is 9.93. The van der Waals surface area contributed by atoms with E-state index in [0.717, 1.165) is 34.5 Å². The molecule has 0 saturated carbocycles. The van der Waals surface area contributed by atoms with Crippen molar-refractivity contribution in [2.45, 2.75) is 40.5 Å². The van der Waals surface area contributed by atoms with Gasteiger partial charge in [0, 0.05) is 17.8 Å². The van der Waals surface area contributed by atoms with E-state index < -0.39 is 13.9 Å². The first kappa shape index (κ1) is 19.6. The second kappa shape index (κ2) is 7.65. The Morgan fingerprint density at radius 3 is 2.32 bits per heavy atom. The van der Waals surface area contributed by atoms with Gasteiger partial charge in [-0.25, -0.2) is 0 Å². The van der Waals surface area contributed by atoms with E-state index in [1.54, 1.807) is 12.1 Å². The van der Waals surface area contributed by atoms with Crippen LogP contribution in [0, 0.1) is 19.8 Å². The van der Waals surface area contributed by atoms with E-state index in [1.807, 2.05) is 19.9 Å². The van der Waals surface area contributed by atoms with Crippen LogP contribution in [0.15, 0.2) is 35.2 Å². The molecule has 1 aliphatic rings. The Morgan fingerprint density at radius 1 is 1.20 bits per heavy atom. The van der Waals surface area contributed by atoms with Crippen LogP contribution in [-0.2, 0) is 4.57 Å². The summed E-state index contributed by atoms with van der Waals surface area (Å²) in [6.45, 7) is 7.93. The molecule has 1 aromatic rings. The highest BCUT2D eigenvalue weighted by atomic mass is 31.2. The molecule has 138 valence electrons. The number of rotatable bonds is 6. The standard InChI is InChI=1S/C18H26NO5P/c1-11(2)16-9-14(5-6-17(16)20)19-18-12(3)7-15(8-13(18)4)24-10-25(21,22)23/h7-9,11,19-20H,5-6,10H2,1-4H3,(H2,21,22,23). The Hall–Kier alpha value is -1.75. The van der Waals surface area contributed by atoms with Crippen LogP contribution in [0.3, 0.4) is 0 Å². The number of hydrogen-bond acceptors (Lipinski definition) is 4. The van der Waals surface area contributed by atoms with Gasteiger partial charge in [0.15, 0.2) is 6.35 Å². The summed E-state index contributed by atoms with van der Waals surface area (Å²) in [5.41, 5.74) is 4.78. The summed E-state index contributed by atoms with van der Waals surface area (Å²) in [7, 11) is -4.20. The van der Waals surface area contributed by atoms with Crippen LogP contribution in [0.4, 0.5) is 5.69 Å². The number of ether oxygens (including phenoxy) is 1. The van der Waals surface area contributed by atoms with Gasteiger partial charge in [-0.05, 0) is 61.1 Å². The second-order valence-electron chi connectivity index (χ2n) is 6.72. The highest BCUT2D eigenvalue weighted by Gasteiger charge is 2.18. The van der Waals surface area contributed by atoms with Crippen molar-refractivity contribution in [2.75, 3.05) is 11.7 Å². The van der Waals surface area contributed by atoms with Gasteiger partial charge < -0.3 is 24.9 Å². The van der Waals surface area contributed by atoms with Gasteiger partial charge in [-0.1, -0.05) is 13.8 Å². The summed E-state index contributed by atoms with van der Waals surface area (Å²) in [4.78, 5) is 17.8. The summed E-state index contributed by atoms with van der Waals surface area (Å²) in [6, 6.07) is 3.51. The minimum absolute atomic E-state index is 0.253. The van der Waals surface area contributed by atoms with Crippen molar-refractivity contribution in [1.29, 1.82) is 0 Å². The van der Waals surface area contributed by atoms with Crippen molar-refractivity contribution in [3.8, 4) is 5.75 Å². The molecule has 1 aliphatic carbocycles. The minimum atomic E-state index is -4.20. The summed E-state index contributed by atoms with van der Waals surface area (Å²) in [5, 5.41) is 13.4. The third-order valence-electron chi connectivity index (χ3n) is 4.11. The zero-order valence-electron chi connectivity index (χ0n) is 15.0. The second-order valence-corrected chi connectivity index (χ2v) is 8.31. The lowest BCUT2D eigenvalue weighted by molar-refractivity contribution is 0.300. The molecule has 1 aromatic carbocycles. The lowest BCUT2D eigenvalue weighted by Crippen LogP contribution is -2.11. The number of nitrogens with one attached hydrogen (secondary N) is 1. The van der Waals surface area contributed by atoms with E-state index in [2.05, 4.69) is 19.2 Å². The van der Waals surface area contributed by atoms with Crippen LogP contribution in [0.25, 0.3) is 0 Å². The molecule has 0 saturated heterocycles. The van der Waals surface area contributed by atoms with Crippen molar-refractivity contribution < 1.29 is 24.2 Å². The maximum absolute atomic E-state index is 10.9. The molecule has 4 N–H and O–H groups in total. The quantitative estimate of drug-likeness (QED) is 0.557. The maximum atomic E-state index is 10.9. The average Bonchev–Trinajstić information content (AvgIpc) is 2.49. The molecule has 25 heavy (non-hydrogen) atoms. The SMILES string of the molecule is Cc1cc(OCP(=O)(O)O)cc(C)c1NC1=CC(C(C)C)=C(O)CC1. The third kappa shape index (κ3) is 5.36. The zero-order chi connectivity index (χ0) is 18.8. The third-order valence-corrected chi connectivity index (χ3v) is 4.57. The van der Waals surface area contributed by atoms with Crippen LogP contribution < -0.4 is 10.1 Å². The summed E-state index contributed by atoms with van der Waals surface area (Å²) < 4.78 is 16.1. The fourth-order valence-electron chi connectivity index (χ4n) is 2.86. The van der Waals surface area contributed by atoms with Crippen LogP contribution in [0.2, 0.25) is 0 Å². The largest absolute Gasteiger partial charge is 0.512 e. The van der Waals surface area contributed by atoms with E-state index in [4.69, 9.17) is 14.5 Å². The average molecular weight is 367 g/mol. The highest BCUT2D eigenvalue weighted by molar-refractivity contribution is 7.51. The van der Waals surface area contributed by atoms with Crippen molar-refractivity contribution in [2.24, 2.45) is 5.92 Å². The van der Waals surface area contributed by atoms with Crippen molar-refractivity contribution in [3.05, 3.63) is 46.4 Å². The highest BCUT2D eigenvalue weighted by Crippen LogP contribution is 2.36. The predicted molar refractivity (Wildman–Crippen MR) is 98.9 cm³/mol. The number of anilines is 1. The number of allylic oxidation sites excluding steroid dienone is 4. The Labute approximate surface area is 148 Å². The van der Waals surface area contributed by atoms with Crippen LogP contribution >= 0.6 is 7.60 Å². The molecule has 0 unspecified atom stereocenters. The molecule has 0 atom stereocenters. The molecule has 0 spiro atoms. The molecule has 7 heteroatoms. The Morgan fingerprint density at radius 2 is 1.80 bits per heavy atom. The fourth-order valence-corrected chi connectivity index (χ4v) is 3.18. The molecule has 2 rings (SSSR count). The molecule has 6 nitrogen and oxygen atoms in total. The first-order valence-electron chi connectivity index (χ1n) is 8.25. The van der Waals surface area contributed by atoms with Crippen molar-refractivity contribution in [3.63, 3.8) is 0 Å². The van der Waals surface area contributed by atoms with E-state index in [0.29, 0.717) is 17.9 Å². The Balaban J connectivity index is 2.21. The summed E-state index contributed by atoms with van der Waals surface area (Å²) >= 11 is 0. The number of aliphatic hydroxyl groups is 1. The van der Waals surface area contributed by atoms with E-state index in [9.17, 15) is 9.67 Å². The van der Waals surface area contributed by atoms with Gasteiger partial charge in [0.1, 0.15) is 5.75 Å². The molecular weight excluding hydrogens is 341 g/mol. The van der Waals surface area contributed by atoms with Crippen LogP contribution in [0.1, 0.15) is 37.8 Å². The van der Waals surface area contributed by atoms with Crippen molar-refractivity contribution in [1.82, 2.24) is 0 Å². The monoisotopic (exact) mass is 367 g/mol. The minimum Gasteiger partial charge on any atom is -0.512 e. The van der Waals surface area contributed by atoms with Gasteiger partial charge in [0.05, 0.1) is 5.76 Å². The lowest BCUT2D eigenvalue weighted by Gasteiger charge is -2.22. The molecule has 0 aromatic heterocycles. The number of aryl methyl sites for hydroxylation is 2. The summed E-state index contributed by atoms with van der Waals surface area (Å²) in [6.07, 6.45) is 2.72. The predicted octanol–water partition coefficient (Wildman–Crippen LogP) is 4.38. The molecular formula is C18H26NO5P. The molecule has 0 fully saturated rings. The van der Waals surface area contributed by atoms with Gasteiger partial charge >= 0.3 is 7.60 Å². The molecule has 0 bridgehead atoms. The topological polar surface area (TPSA) is 99.0 Å². The van der Waals surface area contributed by atoms with Gasteiger partial charge in [0.2, 0.25) is 0 Å². The summed E-state index contributed by atoms with van der Waals surface area (Å²) in [5.74, 6) is 1.14. The molecule has 0 aliphatic heterocycles. The van der Waals surface area contributed by atoms with Crippen LogP contribution in [-0.4, -0.2) is 21.2 Å². The van der Waals surface area contributed by atoms with Crippen molar-refractivity contribution >= 4 is 13.3 Å². The molecule has 0 heterocycles. The molecule has 0 amide bonds. The number of benzene rings is 1. The maximum Gasteiger partial charge on any atom is 0.362 e. The Bertz CT molecular complexity index is 738. The normalized spacial score (nSPS) is 15.4. The van der Waals surface area contributed by atoms with Gasteiger partial charge in [-0.15, -0.1) is 0 Å². The van der Waals surface area contributed by atoms with E-state index in [1.165, 1.54) is 0 Å². The first-order valence-corrected chi connectivity index (χ1v) is 10.0. The van der Waals surface area contributed by atoms with Gasteiger partial charge in [0.25, 0.3) is 0 Å². The number of hydrogen-bond donors (Lipinski definition) is 4. The van der Waals surface area contributed by atoms with Gasteiger partial charge in [-0.2, -0.15) is 0 Å².